The van der Waals surface area contributed by atoms with Gasteiger partial charge in [-0.1, -0.05) is 17.7 Å². The summed E-state index contributed by atoms with van der Waals surface area (Å²) in [6, 6.07) is 6.19. The van der Waals surface area contributed by atoms with Gasteiger partial charge >= 0.3 is 0 Å². The number of rotatable bonds is 5. The minimum Gasteiger partial charge on any atom is -0.481 e. The lowest BCUT2D eigenvalue weighted by Gasteiger charge is -2.22. The second kappa shape index (κ2) is 6.57. The zero-order valence-electron chi connectivity index (χ0n) is 12.7. The minimum absolute atomic E-state index is 0.0383. The number of nitrogens with one attached hydrogen (secondary N) is 1. The molecular weight excluding hydrogens is 240 g/mol. The number of aryl methyl sites for hydroxylation is 1. The van der Waals surface area contributed by atoms with Crippen molar-refractivity contribution in [1.82, 2.24) is 10.2 Å². The van der Waals surface area contributed by atoms with Gasteiger partial charge < -0.3 is 15.0 Å². The highest BCUT2D eigenvalue weighted by Gasteiger charge is 2.19. The van der Waals surface area contributed by atoms with E-state index in [2.05, 4.69) is 18.3 Å². The SMILES string of the molecule is CNC(C)c1cc(C)ccc1OC(C)C(=O)N(C)C. The average molecular weight is 264 g/mol. The van der Waals surface area contributed by atoms with Gasteiger partial charge in [0.05, 0.1) is 0 Å². The average Bonchev–Trinajstić information content (AvgIpc) is 2.38. The summed E-state index contributed by atoms with van der Waals surface area (Å²) in [5.74, 6) is 0.721. The van der Waals surface area contributed by atoms with Crippen LogP contribution >= 0.6 is 0 Å². The van der Waals surface area contributed by atoms with E-state index in [1.807, 2.05) is 26.1 Å². The molecule has 1 rings (SSSR count). The van der Waals surface area contributed by atoms with E-state index in [9.17, 15) is 4.79 Å². The summed E-state index contributed by atoms with van der Waals surface area (Å²) in [5.41, 5.74) is 2.25. The van der Waals surface area contributed by atoms with Gasteiger partial charge in [-0.3, -0.25) is 4.79 Å². The van der Waals surface area contributed by atoms with Crippen molar-refractivity contribution < 1.29 is 9.53 Å². The van der Waals surface area contributed by atoms with E-state index in [1.54, 1.807) is 25.9 Å². The van der Waals surface area contributed by atoms with Crippen LogP contribution in [0, 0.1) is 6.92 Å². The Labute approximate surface area is 115 Å². The van der Waals surface area contributed by atoms with Gasteiger partial charge in [0.2, 0.25) is 0 Å². The predicted molar refractivity (Wildman–Crippen MR) is 77.4 cm³/mol. The first kappa shape index (κ1) is 15.5. The maximum atomic E-state index is 11.9. The molecule has 1 N–H and O–H groups in total. The molecule has 0 saturated carbocycles. The Morgan fingerprint density at radius 3 is 2.47 bits per heavy atom. The molecule has 1 aromatic carbocycles. The molecule has 0 aromatic heterocycles. The number of benzene rings is 1. The largest absolute Gasteiger partial charge is 0.481 e. The smallest absolute Gasteiger partial charge is 0.262 e. The van der Waals surface area contributed by atoms with Crippen molar-refractivity contribution in [3.8, 4) is 5.75 Å². The molecule has 19 heavy (non-hydrogen) atoms. The molecule has 4 heteroatoms. The quantitative estimate of drug-likeness (QED) is 0.886. The molecule has 2 unspecified atom stereocenters. The Kier molecular flexibility index (Phi) is 5.36. The van der Waals surface area contributed by atoms with E-state index >= 15 is 0 Å². The maximum absolute atomic E-state index is 11.9. The van der Waals surface area contributed by atoms with E-state index in [-0.39, 0.29) is 11.9 Å². The molecule has 0 spiro atoms. The molecular formula is C15H24N2O2. The number of carbonyl (C=O) groups excluding carboxylic acids is 1. The van der Waals surface area contributed by atoms with Crippen LogP contribution in [-0.4, -0.2) is 38.1 Å². The van der Waals surface area contributed by atoms with Gasteiger partial charge in [-0.05, 0) is 33.9 Å². The third-order valence-corrected chi connectivity index (χ3v) is 3.16. The van der Waals surface area contributed by atoms with E-state index in [0.29, 0.717) is 0 Å². The molecule has 0 aliphatic carbocycles. The van der Waals surface area contributed by atoms with Crippen LogP contribution in [0.1, 0.15) is 31.0 Å². The van der Waals surface area contributed by atoms with Crippen LogP contribution in [0.15, 0.2) is 18.2 Å². The van der Waals surface area contributed by atoms with Crippen molar-refractivity contribution in [3.05, 3.63) is 29.3 Å². The number of carbonyl (C=O) groups is 1. The number of ether oxygens (including phenoxy) is 1. The van der Waals surface area contributed by atoms with Gasteiger partial charge in [-0.25, -0.2) is 0 Å². The summed E-state index contributed by atoms with van der Waals surface area (Å²) in [5, 5.41) is 3.20. The van der Waals surface area contributed by atoms with E-state index in [1.165, 1.54) is 5.56 Å². The summed E-state index contributed by atoms with van der Waals surface area (Å²) in [7, 11) is 5.37. The number of hydrogen-bond donors (Lipinski definition) is 1. The van der Waals surface area contributed by atoms with E-state index in [0.717, 1.165) is 11.3 Å². The Morgan fingerprint density at radius 2 is 1.95 bits per heavy atom. The number of hydrogen-bond acceptors (Lipinski definition) is 3. The molecule has 0 aliphatic rings. The van der Waals surface area contributed by atoms with E-state index in [4.69, 9.17) is 4.74 Å². The maximum Gasteiger partial charge on any atom is 0.262 e. The van der Waals surface area contributed by atoms with E-state index < -0.39 is 6.10 Å². The third-order valence-electron chi connectivity index (χ3n) is 3.16. The van der Waals surface area contributed by atoms with Gasteiger partial charge in [0.25, 0.3) is 5.91 Å². The van der Waals surface area contributed by atoms with Crippen LogP contribution in [0.25, 0.3) is 0 Å². The van der Waals surface area contributed by atoms with Crippen LogP contribution < -0.4 is 10.1 Å². The normalized spacial score (nSPS) is 13.8. The standard InChI is InChI=1S/C15H24N2O2/c1-10-7-8-14(13(9-10)11(2)16-4)19-12(3)15(18)17(5)6/h7-9,11-12,16H,1-6H3. The summed E-state index contributed by atoms with van der Waals surface area (Å²) < 4.78 is 5.82. The van der Waals surface area contributed by atoms with Crippen LogP contribution in [0.4, 0.5) is 0 Å². The van der Waals surface area contributed by atoms with Crippen molar-refractivity contribution in [3.63, 3.8) is 0 Å². The highest BCUT2D eigenvalue weighted by Crippen LogP contribution is 2.27. The highest BCUT2D eigenvalue weighted by atomic mass is 16.5. The second-order valence-corrected chi connectivity index (χ2v) is 5.04. The monoisotopic (exact) mass is 264 g/mol. The zero-order chi connectivity index (χ0) is 14.6. The van der Waals surface area contributed by atoms with Gasteiger partial charge in [0, 0.05) is 25.7 Å². The minimum atomic E-state index is -0.486. The van der Waals surface area contributed by atoms with Crippen LogP contribution in [0.3, 0.4) is 0 Å². The molecule has 0 saturated heterocycles. The molecule has 0 aliphatic heterocycles. The molecule has 0 fully saturated rings. The molecule has 1 amide bonds. The van der Waals surface area contributed by atoms with Crippen molar-refractivity contribution in [2.75, 3.05) is 21.1 Å². The van der Waals surface area contributed by atoms with Crippen molar-refractivity contribution >= 4 is 5.91 Å². The molecule has 0 heterocycles. The summed E-state index contributed by atoms with van der Waals surface area (Å²) in [6.07, 6.45) is -0.486. The van der Waals surface area contributed by atoms with Crippen molar-refractivity contribution in [2.45, 2.75) is 32.9 Å². The van der Waals surface area contributed by atoms with Crippen molar-refractivity contribution in [2.24, 2.45) is 0 Å². The van der Waals surface area contributed by atoms with Crippen LogP contribution in [0.5, 0.6) is 5.75 Å². The Hall–Kier alpha value is -1.55. The lowest BCUT2D eigenvalue weighted by Crippen LogP contribution is -2.35. The Balaban J connectivity index is 2.97. The first-order valence-corrected chi connectivity index (χ1v) is 6.52. The van der Waals surface area contributed by atoms with Crippen molar-refractivity contribution in [1.29, 1.82) is 0 Å². The summed E-state index contributed by atoms with van der Waals surface area (Å²) in [6.45, 7) is 5.89. The molecule has 106 valence electrons. The molecule has 4 nitrogen and oxygen atoms in total. The molecule has 0 bridgehead atoms. The molecule has 1 aromatic rings. The second-order valence-electron chi connectivity index (χ2n) is 5.04. The Morgan fingerprint density at radius 1 is 1.32 bits per heavy atom. The lowest BCUT2D eigenvalue weighted by atomic mass is 10.0. The fourth-order valence-corrected chi connectivity index (χ4v) is 1.87. The molecule has 0 radical (unpaired) electrons. The zero-order valence-corrected chi connectivity index (χ0v) is 12.7. The lowest BCUT2D eigenvalue weighted by molar-refractivity contribution is -0.135. The first-order chi connectivity index (χ1) is 8.86. The fraction of sp³-hybridized carbons (Fsp3) is 0.533. The fourth-order valence-electron chi connectivity index (χ4n) is 1.87. The summed E-state index contributed by atoms with van der Waals surface area (Å²) >= 11 is 0. The Bertz CT molecular complexity index is 444. The van der Waals surface area contributed by atoms with Gasteiger partial charge in [-0.15, -0.1) is 0 Å². The van der Waals surface area contributed by atoms with Crippen LogP contribution in [0.2, 0.25) is 0 Å². The van der Waals surface area contributed by atoms with Gasteiger partial charge in [0.1, 0.15) is 5.75 Å². The molecule has 2 atom stereocenters. The summed E-state index contributed by atoms with van der Waals surface area (Å²) in [4.78, 5) is 13.4. The van der Waals surface area contributed by atoms with Crippen LogP contribution in [-0.2, 0) is 4.79 Å². The predicted octanol–water partition coefficient (Wildman–Crippen LogP) is 2.13. The number of nitrogens with zero attached hydrogens (tertiary/aromatic N) is 1. The third kappa shape index (κ3) is 3.96. The van der Waals surface area contributed by atoms with Gasteiger partial charge in [-0.2, -0.15) is 0 Å². The first-order valence-electron chi connectivity index (χ1n) is 6.52. The number of likely N-dealkylation sites (N-methyl/N-ethyl adjacent to an activating group) is 1. The topological polar surface area (TPSA) is 41.6 Å². The highest BCUT2D eigenvalue weighted by molar-refractivity contribution is 5.80. The number of amides is 1. The van der Waals surface area contributed by atoms with Gasteiger partial charge in [0.15, 0.2) is 6.10 Å².